The molecule has 1 aromatic rings. The lowest BCUT2D eigenvalue weighted by Crippen LogP contribution is -2.21. The van der Waals surface area contributed by atoms with E-state index in [-0.39, 0.29) is 5.75 Å². The number of hydrogen-bond acceptors (Lipinski definition) is 4. The molecule has 3 nitrogen and oxygen atoms in total. The third-order valence-electron chi connectivity index (χ3n) is 1.65. The van der Waals surface area contributed by atoms with E-state index in [9.17, 15) is 8.42 Å². The number of nitrogens with one attached hydrogen (secondary N) is 1. The highest BCUT2D eigenvalue weighted by Gasteiger charge is 2.05. The van der Waals surface area contributed by atoms with Crippen molar-refractivity contribution in [3.05, 3.63) is 19.8 Å². The molecule has 0 atom stereocenters. The van der Waals surface area contributed by atoms with Crippen molar-refractivity contribution in [1.29, 1.82) is 0 Å². The summed E-state index contributed by atoms with van der Waals surface area (Å²) in [6, 6.07) is 1.93. The van der Waals surface area contributed by atoms with Gasteiger partial charge < -0.3 is 5.32 Å². The first kappa shape index (κ1) is 13.4. The van der Waals surface area contributed by atoms with Crippen LogP contribution in [0.5, 0.6) is 0 Å². The zero-order valence-electron chi connectivity index (χ0n) is 8.09. The fourth-order valence-corrected chi connectivity index (χ4v) is 3.22. The lowest BCUT2D eigenvalue weighted by atomic mass is 10.4. The van der Waals surface area contributed by atoms with Gasteiger partial charge in [0.05, 0.1) is 5.75 Å². The molecule has 0 saturated carbocycles. The van der Waals surface area contributed by atoms with Gasteiger partial charge in [-0.1, -0.05) is 11.6 Å². The number of thiophene rings is 1. The molecule has 1 rings (SSSR count). The molecule has 0 spiro atoms. The van der Waals surface area contributed by atoms with Crippen molar-refractivity contribution in [3.63, 3.8) is 0 Å². The lowest BCUT2D eigenvalue weighted by molar-refractivity contribution is 0.596. The molecule has 0 radical (unpaired) electrons. The molecular formula is C8H11BrClNO2S2. The van der Waals surface area contributed by atoms with Crippen molar-refractivity contribution >= 4 is 48.7 Å². The van der Waals surface area contributed by atoms with Crippen LogP contribution >= 0.6 is 38.9 Å². The van der Waals surface area contributed by atoms with E-state index in [1.54, 1.807) is 0 Å². The Bertz CT molecular complexity index is 410. The summed E-state index contributed by atoms with van der Waals surface area (Å²) in [4.78, 5) is 1.08. The van der Waals surface area contributed by atoms with Gasteiger partial charge in [-0.15, -0.1) is 11.3 Å². The van der Waals surface area contributed by atoms with Crippen molar-refractivity contribution < 1.29 is 8.42 Å². The Hall–Kier alpha value is 0.380. The summed E-state index contributed by atoms with van der Waals surface area (Å²) in [5, 5.41) is 3.05. The second-order valence-electron chi connectivity index (χ2n) is 3.14. The van der Waals surface area contributed by atoms with Gasteiger partial charge in [-0.3, -0.25) is 0 Å². The third kappa shape index (κ3) is 5.31. The zero-order valence-corrected chi connectivity index (χ0v) is 12.1. The van der Waals surface area contributed by atoms with Crippen LogP contribution in [0.4, 0.5) is 0 Å². The lowest BCUT2D eigenvalue weighted by Gasteiger charge is -2.00. The molecule has 0 aliphatic rings. The van der Waals surface area contributed by atoms with E-state index >= 15 is 0 Å². The van der Waals surface area contributed by atoms with Gasteiger partial charge in [-0.25, -0.2) is 8.42 Å². The topological polar surface area (TPSA) is 46.2 Å². The van der Waals surface area contributed by atoms with Crippen LogP contribution in [0.2, 0.25) is 4.34 Å². The predicted molar refractivity (Wildman–Crippen MR) is 68.4 cm³/mol. The second-order valence-corrected chi connectivity index (χ2v) is 7.99. The molecule has 1 aromatic heterocycles. The molecule has 1 heterocycles. The molecule has 0 unspecified atom stereocenters. The summed E-state index contributed by atoms with van der Waals surface area (Å²) in [6.45, 7) is 1.11. The SMILES string of the molecule is CS(=O)(=O)CCNCc1cc(Br)c(Cl)s1. The minimum atomic E-state index is -2.88. The van der Waals surface area contributed by atoms with E-state index in [2.05, 4.69) is 21.2 Å². The number of rotatable bonds is 5. The molecule has 0 saturated heterocycles. The van der Waals surface area contributed by atoms with Gasteiger partial charge in [0.15, 0.2) is 0 Å². The quantitative estimate of drug-likeness (QED) is 0.842. The third-order valence-corrected chi connectivity index (χ3v) is 5.07. The van der Waals surface area contributed by atoms with E-state index in [1.165, 1.54) is 17.6 Å². The molecule has 86 valence electrons. The van der Waals surface area contributed by atoms with Gasteiger partial charge in [-0.05, 0) is 22.0 Å². The van der Waals surface area contributed by atoms with E-state index in [0.29, 0.717) is 13.1 Å². The van der Waals surface area contributed by atoms with E-state index < -0.39 is 9.84 Å². The van der Waals surface area contributed by atoms with Crippen LogP contribution in [0.3, 0.4) is 0 Å². The Morgan fingerprint density at radius 1 is 1.60 bits per heavy atom. The Kier molecular flexibility index (Phi) is 5.05. The van der Waals surface area contributed by atoms with Crippen molar-refractivity contribution in [3.8, 4) is 0 Å². The van der Waals surface area contributed by atoms with Crippen LogP contribution in [0.1, 0.15) is 4.88 Å². The predicted octanol–water partition coefficient (Wildman–Crippen LogP) is 2.30. The fourth-order valence-electron chi connectivity index (χ4n) is 0.948. The summed E-state index contributed by atoms with van der Waals surface area (Å²) in [5.74, 6) is 0.160. The minimum Gasteiger partial charge on any atom is -0.311 e. The number of halogens is 2. The van der Waals surface area contributed by atoms with Crippen LogP contribution in [0, 0.1) is 0 Å². The zero-order chi connectivity index (χ0) is 11.5. The highest BCUT2D eigenvalue weighted by atomic mass is 79.9. The monoisotopic (exact) mass is 331 g/mol. The molecular weight excluding hydrogens is 322 g/mol. The van der Waals surface area contributed by atoms with Gasteiger partial charge in [0.1, 0.15) is 14.2 Å². The van der Waals surface area contributed by atoms with Crippen LogP contribution in [0.15, 0.2) is 10.5 Å². The first-order chi connectivity index (χ1) is 6.88. The van der Waals surface area contributed by atoms with Gasteiger partial charge in [-0.2, -0.15) is 0 Å². The van der Waals surface area contributed by atoms with Crippen molar-refractivity contribution in [2.24, 2.45) is 0 Å². The van der Waals surface area contributed by atoms with Gasteiger partial charge >= 0.3 is 0 Å². The maximum atomic E-state index is 10.8. The highest BCUT2D eigenvalue weighted by Crippen LogP contribution is 2.31. The van der Waals surface area contributed by atoms with E-state index in [1.807, 2.05) is 6.07 Å². The second kappa shape index (κ2) is 5.63. The maximum Gasteiger partial charge on any atom is 0.148 e. The van der Waals surface area contributed by atoms with Crippen LogP contribution < -0.4 is 5.32 Å². The Balaban J connectivity index is 2.32. The number of sulfone groups is 1. The summed E-state index contributed by atoms with van der Waals surface area (Å²) in [7, 11) is -2.88. The molecule has 0 aromatic carbocycles. The standard InChI is InChI=1S/C8H11BrClNO2S2/c1-15(12,13)3-2-11-5-6-4-7(9)8(10)14-6/h4,11H,2-3,5H2,1H3. The molecule has 0 amide bonds. The molecule has 0 fully saturated rings. The average Bonchev–Trinajstić information content (AvgIpc) is 2.39. The first-order valence-electron chi connectivity index (χ1n) is 4.20. The number of hydrogen-bond donors (Lipinski definition) is 1. The molecule has 1 N–H and O–H groups in total. The van der Waals surface area contributed by atoms with E-state index in [4.69, 9.17) is 11.6 Å². The van der Waals surface area contributed by atoms with Gasteiger partial charge in [0, 0.05) is 28.7 Å². The van der Waals surface area contributed by atoms with Gasteiger partial charge in [0.25, 0.3) is 0 Å². The summed E-state index contributed by atoms with van der Waals surface area (Å²) in [6.07, 6.45) is 1.23. The van der Waals surface area contributed by atoms with E-state index in [0.717, 1.165) is 13.7 Å². The van der Waals surface area contributed by atoms with Crippen molar-refractivity contribution in [2.75, 3.05) is 18.6 Å². The smallest absolute Gasteiger partial charge is 0.148 e. The van der Waals surface area contributed by atoms with Crippen LogP contribution in [-0.4, -0.2) is 27.0 Å². The maximum absolute atomic E-state index is 10.8. The molecule has 0 bridgehead atoms. The highest BCUT2D eigenvalue weighted by molar-refractivity contribution is 9.10. The van der Waals surface area contributed by atoms with Crippen molar-refractivity contribution in [2.45, 2.75) is 6.54 Å². The van der Waals surface area contributed by atoms with Crippen molar-refractivity contribution in [1.82, 2.24) is 5.32 Å². The Morgan fingerprint density at radius 2 is 2.27 bits per heavy atom. The molecule has 0 aliphatic carbocycles. The van der Waals surface area contributed by atoms with Gasteiger partial charge in [0.2, 0.25) is 0 Å². The molecule has 15 heavy (non-hydrogen) atoms. The van der Waals surface area contributed by atoms with Crippen LogP contribution in [0.25, 0.3) is 0 Å². The average molecular weight is 333 g/mol. The minimum absolute atomic E-state index is 0.160. The Labute approximate surface area is 107 Å². The summed E-state index contributed by atoms with van der Waals surface area (Å²) < 4.78 is 23.3. The summed E-state index contributed by atoms with van der Waals surface area (Å²) >= 11 is 10.7. The first-order valence-corrected chi connectivity index (χ1v) is 8.25. The normalized spacial score (nSPS) is 11.9. The fraction of sp³-hybridized carbons (Fsp3) is 0.500. The largest absolute Gasteiger partial charge is 0.311 e. The summed E-state index contributed by atoms with van der Waals surface area (Å²) in [5.41, 5.74) is 0. The Morgan fingerprint density at radius 3 is 2.73 bits per heavy atom. The van der Waals surface area contributed by atoms with Crippen LogP contribution in [-0.2, 0) is 16.4 Å². The molecule has 0 aliphatic heterocycles. The molecule has 7 heteroatoms.